The molecular weight excluding hydrogens is 312 g/mol. The van der Waals surface area contributed by atoms with E-state index in [-0.39, 0.29) is 0 Å². The fraction of sp³-hybridized carbons (Fsp3) is 0.286. The monoisotopic (exact) mass is 334 g/mol. The fourth-order valence-electron chi connectivity index (χ4n) is 3.84. The van der Waals surface area contributed by atoms with E-state index in [0.29, 0.717) is 11.6 Å². The van der Waals surface area contributed by atoms with Crippen LogP contribution < -0.4 is 5.32 Å². The van der Waals surface area contributed by atoms with Gasteiger partial charge in [-0.15, -0.1) is 0 Å². The van der Waals surface area contributed by atoms with Gasteiger partial charge in [0, 0.05) is 22.6 Å². The standard InChI is InChI=1S/C21H22N2O2/c24-21(25)15-9-10-18-17(13-15)16-7-4-8-19(20(16)23-18)22-12-11-14-5-2-1-3-6-14/h1-3,5-6,9-10,13,19,22-23H,4,7-8,11-12H2,(H,24,25). The summed E-state index contributed by atoms with van der Waals surface area (Å²) >= 11 is 0. The lowest BCUT2D eigenvalue weighted by atomic mass is 9.91. The van der Waals surface area contributed by atoms with Crippen molar-refractivity contribution in [3.05, 3.63) is 70.9 Å². The number of carbonyl (C=O) groups is 1. The number of aromatic carboxylic acids is 1. The minimum Gasteiger partial charge on any atom is -0.478 e. The molecule has 0 aliphatic heterocycles. The highest BCUT2D eigenvalue weighted by Gasteiger charge is 2.24. The lowest BCUT2D eigenvalue weighted by Crippen LogP contribution is -2.27. The molecule has 25 heavy (non-hydrogen) atoms. The molecule has 0 radical (unpaired) electrons. The number of nitrogens with one attached hydrogen (secondary N) is 2. The number of hydrogen-bond acceptors (Lipinski definition) is 2. The van der Waals surface area contributed by atoms with Crippen molar-refractivity contribution >= 4 is 16.9 Å². The highest BCUT2D eigenvalue weighted by atomic mass is 16.4. The van der Waals surface area contributed by atoms with Crippen LogP contribution in [0.5, 0.6) is 0 Å². The first-order chi connectivity index (χ1) is 12.2. The van der Waals surface area contributed by atoms with Crippen LogP contribution in [0.1, 0.15) is 46.1 Å². The van der Waals surface area contributed by atoms with E-state index in [1.54, 1.807) is 12.1 Å². The highest BCUT2D eigenvalue weighted by Crippen LogP contribution is 2.35. The molecule has 1 heterocycles. The van der Waals surface area contributed by atoms with Gasteiger partial charge >= 0.3 is 5.97 Å². The molecule has 0 saturated carbocycles. The van der Waals surface area contributed by atoms with Gasteiger partial charge in [0.05, 0.1) is 5.56 Å². The number of hydrogen-bond donors (Lipinski definition) is 3. The number of rotatable bonds is 5. The van der Waals surface area contributed by atoms with Crippen molar-refractivity contribution < 1.29 is 9.90 Å². The maximum absolute atomic E-state index is 11.3. The van der Waals surface area contributed by atoms with Crippen molar-refractivity contribution in [3.63, 3.8) is 0 Å². The Kier molecular flexibility index (Phi) is 4.28. The second kappa shape index (κ2) is 6.73. The quantitative estimate of drug-likeness (QED) is 0.659. The van der Waals surface area contributed by atoms with Gasteiger partial charge in [-0.05, 0) is 61.6 Å². The Morgan fingerprint density at radius 1 is 1.20 bits per heavy atom. The number of carboxylic acids is 1. The summed E-state index contributed by atoms with van der Waals surface area (Å²) in [6.45, 7) is 0.934. The molecule has 1 aromatic heterocycles. The molecule has 1 aliphatic carbocycles. The third-order valence-corrected chi connectivity index (χ3v) is 5.10. The number of aryl methyl sites for hydroxylation is 1. The van der Waals surface area contributed by atoms with E-state index < -0.39 is 5.97 Å². The summed E-state index contributed by atoms with van der Waals surface area (Å²) in [6, 6.07) is 16.2. The second-order valence-corrected chi connectivity index (χ2v) is 6.72. The van der Waals surface area contributed by atoms with Crippen LogP contribution in [0.4, 0.5) is 0 Å². The summed E-state index contributed by atoms with van der Waals surface area (Å²) in [5, 5.41) is 14.0. The predicted molar refractivity (Wildman–Crippen MR) is 99.1 cm³/mol. The van der Waals surface area contributed by atoms with Gasteiger partial charge in [0.1, 0.15) is 0 Å². The van der Waals surface area contributed by atoms with E-state index in [0.717, 1.165) is 43.1 Å². The average molecular weight is 334 g/mol. The van der Waals surface area contributed by atoms with Crippen LogP contribution in [-0.2, 0) is 12.8 Å². The number of aromatic nitrogens is 1. The smallest absolute Gasteiger partial charge is 0.335 e. The van der Waals surface area contributed by atoms with Crippen LogP contribution in [-0.4, -0.2) is 22.6 Å². The minimum absolute atomic E-state index is 0.313. The van der Waals surface area contributed by atoms with Gasteiger partial charge in [-0.1, -0.05) is 30.3 Å². The SMILES string of the molecule is O=C(O)c1ccc2[nH]c3c(c2c1)CCCC3NCCc1ccccc1. The van der Waals surface area contributed by atoms with Crippen molar-refractivity contribution in [2.75, 3.05) is 6.54 Å². The third kappa shape index (κ3) is 3.17. The molecule has 2 aromatic carbocycles. The maximum atomic E-state index is 11.3. The zero-order valence-corrected chi connectivity index (χ0v) is 14.1. The lowest BCUT2D eigenvalue weighted by Gasteiger charge is -2.24. The Balaban J connectivity index is 1.55. The van der Waals surface area contributed by atoms with Crippen molar-refractivity contribution in [1.29, 1.82) is 0 Å². The van der Waals surface area contributed by atoms with Crippen molar-refractivity contribution in [2.24, 2.45) is 0 Å². The van der Waals surface area contributed by atoms with Gasteiger partial charge in [-0.3, -0.25) is 0 Å². The molecule has 0 amide bonds. The molecule has 4 heteroatoms. The summed E-state index contributed by atoms with van der Waals surface area (Å²) in [5.41, 5.74) is 5.24. The number of H-pyrrole nitrogens is 1. The number of aromatic amines is 1. The highest BCUT2D eigenvalue weighted by molar-refractivity contribution is 5.95. The van der Waals surface area contributed by atoms with Crippen LogP contribution in [0.25, 0.3) is 10.9 Å². The first-order valence-electron chi connectivity index (χ1n) is 8.87. The van der Waals surface area contributed by atoms with Crippen molar-refractivity contribution in [3.8, 4) is 0 Å². The van der Waals surface area contributed by atoms with Gasteiger partial charge in [-0.2, -0.15) is 0 Å². The molecule has 4 nitrogen and oxygen atoms in total. The fourth-order valence-corrected chi connectivity index (χ4v) is 3.84. The minimum atomic E-state index is -0.870. The first-order valence-corrected chi connectivity index (χ1v) is 8.87. The van der Waals surface area contributed by atoms with Crippen LogP contribution in [0, 0.1) is 0 Å². The Labute approximate surface area is 146 Å². The third-order valence-electron chi connectivity index (χ3n) is 5.10. The Morgan fingerprint density at radius 3 is 2.84 bits per heavy atom. The number of fused-ring (bicyclic) bond motifs is 3. The van der Waals surface area contributed by atoms with Gasteiger partial charge < -0.3 is 15.4 Å². The molecule has 3 aromatic rings. The molecule has 128 valence electrons. The maximum Gasteiger partial charge on any atom is 0.335 e. The van der Waals surface area contributed by atoms with E-state index >= 15 is 0 Å². The Hall–Kier alpha value is -2.59. The van der Waals surface area contributed by atoms with E-state index in [1.165, 1.54) is 16.8 Å². The van der Waals surface area contributed by atoms with Crippen LogP contribution in [0.2, 0.25) is 0 Å². The lowest BCUT2D eigenvalue weighted by molar-refractivity contribution is 0.0697. The summed E-state index contributed by atoms with van der Waals surface area (Å²) in [4.78, 5) is 14.8. The molecule has 0 saturated heterocycles. The molecule has 0 bridgehead atoms. The summed E-state index contributed by atoms with van der Waals surface area (Å²) in [7, 11) is 0. The predicted octanol–water partition coefficient (Wildman–Crippen LogP) is 4.08. The van der Waals surface area contributed by atoms with Gasteiger partial charge in [0.25, 0.3) is 0 Å². The molecule has 3 N–H and O–H groups in total. The van der Waals surface area contributed by atoms with E-state index in [2.05, 4.69) is 34.6 Å². The molecule has 1 unspecified atom stereocenters. The molecular formula is C21H22N2O2. The number of carboxylic acid groups (broad SMARTS) is 1. The van der Waals surface area contributed by atoms with Gasteiger partial charge in [-0.25, -0.2) is 4.79 Å². The zero-order chi connectivity index (χ0) is 17.2. The second-order valence-electron chi connectivity index (χ2n) is 6.72. The van der Waals surface area contributed by atoms with Crippen LogP contribution in [0.15, 0.2) is 48.5 Å². The van der Waals surface area contributed by atoms with Crippen LogP contribution in [0.3, 0.4) is 0 Å². The summed E-state index contributed by atoms with van der Waals surface area (Å²) < 4.78 is 0. The van der Waals surface area contributed by atoms with Crippen molar-refractivity contribution in [1.82, 2.24) is 10.3 Å². The first kappa shape index (κ1) is 15.9. The topological polar surface area (TPSA) is 65.1 Å². The molecule has 1 aliphatic rings. The van der Waals surface area contributed by atoms with Crippen molar-refractivity contribution in [2.45, 2.75) is 31.7 Å². The molecule has 0 fully saturated rings. The average Bonchev–Trinajstić information content (AvgIpc) is 3.01. The van der Waals surface area contributed by atoms with E-state index in [4.69, 9.17) is 0 Å². The Bertz CT molecular complexity index is 899. The zero-order valence-electron chi connectivity index (χ0n) is 14.1. The van der Waals surface area contributed by atoms with E-state index in [9.17, 15) is 9.90 Å². The van der Waals surface area contributed by atoms with E-state index in [1.807, 2.05) is 12.1 Å². The molecule has 0 spiro atoms. The van der Waals surface area contributed by atoms with Gasteiger partial charge in [0.15, 0.2) is 0 Å². The summed E-state index contributed by atoms with van der Waals surface area (Å²) in [6.07, 6.45) is 4.26. The van der Waals surface area contributed by atoms with Crippen LogP contribution >= 0.6 is 0 Å². The summed E-state index contributed by atoms with van der Waals surface area (Å²) in [5.74, 6) is -0.870. The van der Waals surface area contributed by atoms with Gasteiger partial charge in [0.2, 0.25) is 0 Å². The molecule has 4 rings (SSSR count). The number of benzene rings is 2. The molecule has 1 atom stereocenters. The largest absolute Gasteiger partial charge is 0.478 e. The Morgan fingerprint density at radius 2 is 2.04 bits per heavy atom. The normalized spacial score (nSPS) is 16.7.